The van der Waals surface area contributed by atoms with Gasteiger partial charge in [-0.15, -0.1) is 22.7 Å². The van der Waals surface area contributed by atoms with Crippen LogP contribution >= 0.6 is 22.7 Å². The number of fused-ring (bicyclic) bond motifs is 10. The Hall–Kier alpha value is -5.10. The molecule has 0 amide bonds. The number of hydrogen-bond acceptors (Lipinski definition) is 4. The van der Waals surface area contributed by atoms with Crippen molar-refractivity contribution in [2.24, 2.45) is 0 Å². The van der Waals surface area contributed by atoms with Gasteiger partial charge in [0.2, 0.25) is 0 Å². The summed E-state index contributed by atoms with van der Waals surface area (Å²) in [5.74, 6) is 0. The molecule has 0 bridgehead atoms. The molecule has 6 aromatic carbocycles. The van der Waals surface area contributed by atoms with Crippen molar-refractivity contribution in [3.63, 3.8) is 0 Å². The molecule has 0 saturated carbocycles. The molecule has 8 aromatic rings. The summed E-state index contributed by atoms with van der Waals surface area (Å²) in [6.07, 6.45) is 4.78. The monoisotopic (exact) mass is 926 g/mol. The SMILES string of the molecule is CC(C)(C)c1ccc(N2c3cc(C(C)(C)c4ccccc4)cc4c3B(c3sc5cc6c(cc5c3N4c3ccccc3)C(C)(C)CCC6(C)C)c3sc4cc5c(cc4c32)C(C)(C)CCC5(C)C)cc1. The minimum atomic E-state index is -0.288. The number of hydrogen-bond donors (Lipinski definition) is 0. The lowest BCUT2D eigenvalue weighted by Crippen LogP contribution is -2.59. The van der Waals surface area contributed by atoms with Crippen molar-refractivity contribution in [1.29, 1.82) is 0 Å². The Balaban J connectivity index is 1.25. The normalized spacial score (nSPS) is 18.5. The summed E-state index contributed by atoms with van der Waals surface area (Å²) in [6, 6.07) is 47.9. The van der Waals surface area contributed by atoms with Crippen LogP contribution in [0.5, 0.6) is 0 Å². The van der Waals surface area contributed by atoms with Crippen LogP contribution in [-0.4, -0.2) is 6.71 Å². The van der Waals surface area contributed by atoms with Gasteiger partial charge in [0.1, 0.15) is 0 Å². The molecular formula is C63H67BN2S2. The molecule has 2 aromatic heterocycles. The standard InChI is InChI=1S/C63H67BN2S2/c1-58(2,3)38-24-26-42(27-25-38)66-50-33-40(63(12,13)39-20-16-14-17-21-39)32-49-53(50)64(57-55(66)44-35-46-48(37-52(44)68-57)62(10,11)31-29-60(46,6)7)56-54(65(49)41-22-18-15-19-23-41)43-34-45-47(36-51(43)67-56)61(8,9)30-28-59(45,4)5/h14-27,32-37H,28-31H2,1-13H3. The van der Waals surface area contributed by atoms with Gasteiger partial charge in [-0.05, 0) is 158 Å². The first-order chi connectivity index (χ1) is 32.1. The first kappa shape index (κ1) is 44.1. The maximum Gasteiger partial charge on any atom is 0.277 e. The predicted molar refractivity (Wildman–Crippen MR) is 299 cm³/mol. The number of thiophene rings is 2. The second kappa shape index (κ2) is 14.5. The minimum absolute atomic E-state index is 0.0411. The summed E-state index contributed by atoms with van der Waals surface area (Å²) in [5, 5.41) is 2.78. The van der Waals surface area contributed by atoms with E-state index in [0.717, 1.165) is 0 Å². The molecule has 2 nitrogen and oxygen atoms in total. The second-order valence-corrected chi connectivity index (χ2v) is 27.3. The van der Waals surface area contributed by atoms with Crippen molar-refractivity contribution in [2.45, 2.75) is 148 Å². The van der Waals surface area contributed by atoms with Crippen molar-refractivity contribution in [3.8, 4) is 0 Å². The van der Waals surface area contributed by atoms with Crippen LogP contribution in [0.1, 0.15) is 155 Å². The van der Waals surface area contributed by atoms with Gasteiger partial charge < -0.3 is 9.80 Å². The summed E-state index contributed by atoms with van der Waals surface area (Å²) in [4.78, 5) is 5.39. The summed E-state index contributed by atoms with van der Waals surface area (Å²) in [7, 11) is 0. The van der Waals surface area contributed by atoms with Gasteiger partial charge in [-0.3, -0.25) is 0 Å². The molecule has 2 aliphatic heterocycles. The van der Waals surface area contributed by atoms with E-state index in [1.165, 1.54) is 134 Å². The Morgan fingerprint density at radius 3 is 1.26 bits per heavy atom. The minimum Gasteiger partial charge on any atom is -0.310 e. The van der Waals surface area contributed by atoms with Gasteiger partial charge in [0.25, 0.3) is 6.71 Å². The van der Waals surface area contributed by atoms with Crippen LogP contribution in [-0.2, 0) is 32.5 Å². The number of benzene rings is 6. The van der Waals surface area contributed by atoms with Crippen molar-refractivity contribution in [3.05, 3.63) is 160 Å². The molecule has 2 aliphatic carbocycles. The maximum absolute atomic E-state index is 2.71. The smallest absolute Gasteiger partial charge is 0.277 e. The summed E-state index contributed by atoms with van der Waals surface area (Å²) in [6.45, 7) is 31.8. The molecule has 12 rings (SSSR count). The Labute approximate surface area is 414 Å². The van der Waals surface area contributed by atoms with E-state index < -0.39 is 0 Å². The third kappa shape index (κ3) is 6.39. The predicted octanol–water partition coefficient (Wildman–Crippen LogP) is 16.5. The summed E-state index contributed by atoms with van der Waals surface area (Å²) >= 11 is 4.13. The lowest BCUT2D eigenvalue weighted by molar-refractivity contribution is 0.332. The molecule has 4 heterocycles. The van der Waals surface area contributed by atoms with Crippen LogP contribution < -0.4 is 24.8 Å². The van der Waals surface area contributed by atoms with E-state index in [1.807, 2.05) is 0 Å². The van der Waals surface area contributed by atoms with E-state index >= 15 is 0 Å². The number of nitrogens with zero attached hydrogens (tertiary/aromatic N) is 2. The van der Waals surface area contributed by atoms with Gasteiger partial charge in [0.05, 0.1) is 11.4 Å². The topological polar surface area (TPSA) is 6.48 Å². The molecule has 68 heavy (non-hydrogen) atoms. The molecule has 4 aliphatic rings. The third-order valence-corrected chi connectivity index (χ3v) is 19.8. The maximum atomic E-state index is 2.71. The number of anilines is 6. The molecule has 0 unspecified atom stereocenters. The average molecular weight is 927 g/mol. The first-order valence-electron chi connectivity index (χ1n) is 25.3. The van der Waals surface area contributed by atoms with E-state index in [4.69, 9.17) is 0 Å². The zero-order valence-corrected chi connectivity index (χ0v) is 44.3. The molecule has 0 spiro atoms. The average Bonchev–Trinajstić information content (AvgIpc) is 3.87. The fraction of sp³-hybridized carbons (Fsp3) is 0.365. The van der Waals surface area contributed by atoms with Gasteiger partial charge >= 0.3 is 0 Å². The lowest BCUT2D eigenvalue weighted by atomic mass is 9.39. The van der Waals surface area contributed by atoms with E-state index in [1.54, 1.807) is 0 Å². The molecule has 344 valence electrons. The van der Waals surface area contributed by atoms with E-state index in [-0.39, 0.29) is 39.2 Å². The van der Waals surface area contributed by atoms with Crippen LogP contribution in [0, 0.1) is 0 Å². The highest BCUT2D eigenvalue weighted by molar-refractivity contribution is 7.40. The van der Waals surface area contributed by atoms with Gasteiger partial charge in [-0.2, -0.15) is 0 Å². The molecular weight excluding hydrogens is 860 g/mol. The number of para-hydroxylation sites is 1. The Bertz CT molecular complexity index is 3360. The zero-order chi connectivity index (χ0) is 47.7. The molecule has 0 saturated heterocycles. The van der Waals surface area contributed by atoms with Crippen molar-refractivity contribution < 1.29 is 0 Å². The van der Waals surface area contributed by atoms with Crippen molar-refractivity contribution in [1.82, 2.24) is 0 Å². The zero-order valence-electron chi connectivity index (χ0n) is 42.7. The van der Waals surface area contributed by atoms with Gasteiger partial charge in [0, 0.05) is 57.9 Å². The molecule has 0 radical (unpaired) electrons. The second-order valence-electron chi connectivity index (χ2n) is 25.1. The Morgan fingerprint density at radius 2 is 0.838 bits per heavy atom. The highest BCUT2D eigenvalue weighted by Crippen LogP contribution is 2.56. The highest BCUT2D eigenvalue weighted by atomic mass is 32.1. The fourth-order valence-electron chi connectivity index (χ4n) is 12.7. The van der Waals surface area contributed by atoms with Crippen LogP contribution in [0.3, 0.4) is 0 Å². The molecule has 0 N–H and O–H groups in total. The van der Waals surface area contributed by atoms with E-state index in [0.29, 0.717) is 0 Å². The summed E-state index contributed by atoms with van der Waals surface area (Å²) < 4.78 is 5.74. The highest BCUT2D eigenvalue weighted by Gasteiger charge is 2.49. The van der Waals surface area contributed by atoms with Gasteiger partial charge in [0.15, 0.2) is 0 Å². The fourth-order valence-corrected chi connectivity index (χ4v) is 15.4. The quantitative estimate of drug-likeness (QED) is 0.162. The van der Waals surface area contributed by atoms with Gasteiger partial charge in [-0.25, -0.2) is 0 Å². The Kier molecular flexibility index (Phi) is 9.40. The van der Waals surface area contributed by atoms with Crippen LogP contribution in [0.2, 0.25) is 0 Å². The first-order valence-corrected chi connectivity index (χ1v) is 26.9. The summed E-state index contributed by atoms with van der Waals surface area (Å²) in [5.41, 5.74) is 19.4. The largest absolute Gasteiger partial charge is 0.310 e. The van der Waals surface area contributed by atoms with Crippen molar-refractivity contribution >= 4 is 98.7 Å². The molecule has 0 atom stereocenters. The Morgan fingerprint density at radius 1 is 0.441 bits per heavy atom. The van der Waals surface area contributed by atoms with Crippen LogP contribution in [0.25, 0.3) is 20.2 Å². The van der Waals surface area contributed by atoms with Crippen LogP contribution in [0.15, 0.2) is 121 Å². The molecule has 5 heteroatoms. The number of rotatable bonds is 4. The van der Waals surface area contributed by atoms with Gasteiger partial charge in [-0.1, -0.05) is 151 Å². The van der Waals surface area contributed by atoms with Crippen LogP contribution in [0.4, 0.5) is 34.1 Å². The lowest BCUT2D eigenvalue weighted by Gasteiger charge is -2.44. The molecule has 0 fully saturated rings. The third-order valence-electron chi connectivity index (χ3n) is 17.4. The van der Waals surface area contributed by atoms with E-state index in [2.05, 4.69) is 244 Å². The van der Waals surface area contributed by atoms with Crippen molar-refractivity contribution in [2.75, 3.05) is 9.80 Å². The van der Waals surface area contributed by atoms with E-state index in [9.17, 15) is 0 Å².